The highest BCUT2D eigenvalue weighted by molar-refractivity contribution is 6.04. The van der Waals surface area contributed by atoms with E-state index >= 15 is 0 Å². The summed E-state index contributed by atoms with van der Waals surface area (Å²) in [4.78, 5) is 22.0. The number of benzene rings is 2. The second kappa shape index (κ2) is 8.98. The van der Waals surface area contributed by atoms with E-state index in [9.17, 15) is 14.9 Å². The summed E-state index contributed by atoms with van der Waals surface area (Å²) in [6.07, 6.45) is -0.0811. The largest absolute Gasteiger partial charge is 0.493 e. The molecular weight excluding hydrogens is 362 g/mol. The fourth-order valence-corrected chi connectivity index (χ4v) is 2.29. The molecule has 2 aromatic rings. The van der Waals surface area contributed by atoms with Crippen LogP contribution in [0.1, 0.15) is 31.9 Å². The summed E-state index contributed by atoms with van der Waals surface area (Å²) >= 11 is 0. The molecule has 148 valence electrons. The Morgan fingerprint density at radius 2 is 1.86 bits per heavy atom. The van der Waals surface area contributed by atoms with Crippen molar-refractivity contribution in [3.63, 3.8) is 0 Å². The van der Waals surface area contributed by atoms with Gasteiger partial charge >= 0.3 is 6.09 Å². The van der Waals surface area contributed by atoms with Gasteiger partial charge in [-0.25, -0.2) is 4.79 Å². The Hall–Kier alpha value is -3.42. The van der Waals surface area contributed by atoms with Gasteiger partial charge in [-0.2, -0.15) is 0 Å². The number of nitro groups is 1. The third-order valence-electron chi connectivity index (χ3n) is 3.56. The maximum absolute atomic E-state index is 11.7. The first-order chi connectivity index (χ1) is 13.1. The van der Waals surface area contributed by atoms with Crippen LogP contribution in [0, 0.1) is 15.5 Å². The normalized spacial score (nSPS) is 10.8. The minimum absolute atomic E-state index is 0.0159. The zero-order chi connectivity index (χ0) is 20.7. The zero-order valence-electron chi connectivity index (χ0n) is 16.0. The van der Waals surface area contributed by atoms with Crippen molar-refractivity contribution in [2.24, 2.45) is 0 Å². The van der Waals surface area contributed by atoms with Gasteiger partial charge in [-0.3, -0.25) is 20.8 Å². The highest BCUT2D eigenvalue weighted by Gasteiger charge is 2.17. The van der Waals surface area contributed by atoms with Crippen molar-refractivity contribution in [3.05, 3.63) is 69.8 Å². The van der Waals surface area contributed by atoms with E-state index in [2.05, 4.69) is 5.32 Å². The lowest BCUT2D eigenvalue weighted by molar-refractivity contribution is -0.384. The van der Waals surface area contributed by atoms with E-state index in [-0.39, 0.29) is 11.5 Å². The van der Waals surface area contributed by atoms with Crippen molar-refractivity contribution in [2.75, 3.05) is 6.61 Å². The van der Waals surface area contributed by atoms with E-state index in [4.69, 9.17) is 14.9 Å². The number of nitrogens with one attached hydrogen (secondary N) is 2. The van der Waals surface area contributed by atoms with Crippen LogP contribution >= 0.6 is 0 Å². The molecule has 0 bridgehead atoms. The summed E-state index contributed by atoms with van der Waals surface area (Å²) in [5.74, 6) is 0.391. The molecule has 0 atom stereocenters. The van der Waals surface area contributed by atoms with E-state index in [1.165, 1.54) is 12.1 Å². The Kier molecular flexibility index (Phi) is 6.70. The fraction of sp³-hybridized carbons (Fsp3) is 0.300. The number of non-ortho nitro benzene ring substituents is 1. The molecule has 0 heterocycles. The third kappa shape index (κ3) is 6.71. The Bertz CT molecular complexity index is 857. The van der Waals surface area contributed by atoms with Crippen molar-refractivity contribution in [2.45, 2.75) is 32.8 Å². The first-order valence-electron chi connectivity index (χ1n) is 8.69. The number of amidine groups is 1. The van der Waals surface area contributed by atoms with Crippen LogP contribution in [-0.2, 0) is 11.2 Å². The number of nitrogens with zero attached hydrogens (tertiary/aromatic N) is 1. The number of nitro benzene ring substituents is 1. The van der Waals surface area contributed by atoms with Gasteiger partial charge in [-0.15, -0.1) is 0 Å². The minimum Gasteiger partial charge on any atom is -0.493 e. The summed E-state index contributed by atoms with van der Waals surface area (Å²) < 4.78 is 10.7. The molecule has 8 heteroatoms. The molecule has 0 radical (unpaired) electrons. The molecule has 28 heavy (non-hydrogen) atoms. The van der Waals surface area contributed by atoms with Crippen molar-refractivity contribution < 1.29 is 19.2 Å². The second-order valence-corrected chi connectivity index (χ2v) is 7.05. The molecule has 8 nitrogen and oxygen atoms in total. The van der Waals surface area contributed by atoms with Crippen molar-refractivity contribution in [1.82, 2.24) is 5.32 Å². The van der Waals surface area contributed by atoms with Crippen LogP contribution in [0.25, 0.3) is 0 Å². The number of rotatable bonds is 6. The Balaban J connectivity index is 1.85. The lowest BCUT2D eigenvalue weighted by Gasteiger charge is -2.19. The van der Waals surface area contributed by atoms with E-state index in [0.717, 1.165) is 5.56 Å². The molecule has 0 aliphatic rings. The van der Waals surface area contributed by atoms with Gasteiger partial charge in [0.1, 0.15) is 17.2 Å². The van der Waals surface area contributed by atoms with Gasteiger partial charge in [0.05, 0.1) is 17.6 Å². The van der Waals surface area contributed by atoms with Crippen LogP contribution in [-0.4, -0.2) is 29.1 Å². The van der Waals surface area contributed by atoms with Crippen molar-refractivity contribution in [3.8, 4) is 5.75 Å². The highest BCUT2D eigenvalue weighted by Crippen LogP contribution is 2.19. The molecule has 0 unspecified atom stereocenters. The van der Waals surface area contributed by atoms with Crippen molar-refractivity contribution >= 4 is 17.6 Å². The van der Waals surface area contributed by atoms with Crippen LogP contribution in [0.5, 0.6) is 5.75 Å². The topological polar surface area (TPSA) is 115 Å². The summed E-state index contributed by atoms with van der Waals surface area (Å²) in [6, 6.07) is 13.1. The van der Waals surface area contributed by atoms with Gasteiger partial charge in [0.15, 0.2) is 0 Å². The molecule has 0 saturated heterocycles. The SMILES string of the molecule is CC(C)(C)OC(=O)NC(=N)c1ccc(CCOc2cccc([N+](=O)[O-])c2)cc1. The summed E-state index contributed by atoms with van der Waals surface area (Å²) in [7, 11) is 0. The highest BCUT2D eigenvalue weighted by atomic mass is 16.6. The van der Waals surface area contributed by atoms with E-state index in [0.29, 0.717) is 24.3 Å². The lowest BCUT2D eigenvalue weighted by atomic mass is 10.1. The lowest BCUT2D eigenvalue weighted by Crippen LogP contribution is -2.36. The molecule has 0 aliphatic heterocycles. The summed E-state index contributed by atoms with van der Waals surface area (Å²) in [5, 5.41) is 21.1. The molecule has 0 aromatic heterocycles. The molecule has 0 aliphatic carbocycles. The van der Waals surface area contributed by atoms with Crippen LogP contribution in [0.4, 0.5) is 10.5 Å². The van der Waals surface area contributed by atoms with Crippen LogP contribution < -0.4 is 10.1 Å². The fourth-order valence-electron chi connectivity index (χ4n) is 2.29. The van der Waals surface area contributed by atoms with Gasteiger partial charge in [0, 0.05) is 18.1 Å². The monoisotopic (exact) mass is 385 g/mol. The Labute approximate surface area is 163 Å². The van der Waals surface area contributed by atoms with Gasteiger partial charge in [0.25, 0.3) is 5.69 Å². The molecule has 0 spiro atoms. The van der Waals surface area contributed by atoms with Crippen LogP contribution in [0.2, 0.25) is 0 Å². The molecule has 2 aromatic carbocycles. The number of carbonyl (C=O) groups excluding carboxylic acids is 1. The maximum atomic E-state index is 11.7. The average Bonchev–Trinajstić information content (AvgIpc) is 2.61. The number of ether oxygens (including phenoxy) is 2. The molecular formula is C20H23N3O5. The minimum atomic E-state index is -0.674. The van der Waals surface area contributed by atoms with Gasteiger partial charge in [0.2, 0.25) is 0 Å². The Morgan fingerprint density at radius 3 is 2.46 bits per heavy atom. The first-order valence-corrected chi connectivity index (χ1v) is 8.69. The van der Waals surface area contributed by atoms with Crippen LogP contribution in [0.15, 0.2) is 48.5 Å². The Morgan fingerprint density at radius 1 is 1.18 bits per heavy atom. The molecule has 0 saturated carbocycles. The third-order valence-corrected chi connectivity index (χ3v) is 3.56. The number of amides is 1. The quantitative estimate of drug-likeness (QED) is 0.337. The predicted molar refractivity (Wildman–Crippen MR) is 105 cm³/mol. The smallest absolute Gasteiger partial charge is 0.413 e. The van der Waals surface area contributed by atoms with Crippen molar-refractivity contribution in [1.29, 1.82) is 5.41 Å². The number of alkyl carbamates (subject to hydrolysis) is 1. The predicted octanol–water partition coefficient (Wildman–Crippen LogP) is 4.07. The van der Waals surface area contributed by atoms with Gasteiger partial charge < -0.3 is 9.47 Å². The summed E-state index contributed by atoms with van der Waals surface area (Å²) in [5.41, 5.74) is 0.874. The maximum Gasteiger partial charge on any atom is 0.413 e. The van der Waals surface area contributed by atoms with Gasteiger partial charge in [-0.05, 0) is 32.4 Å². The van der Waals surface area contributed by atoms with Crippen LogP contribution in [0.3, 0.4) is 0 Å². The first kappa shape index (κ1) is 20.9. The molecule has 2 rings (SSSR count). The zero-order valence-corrected chi connectivity index (χ0v) is 16.0. The van der Waals surface area contributed by atoms with E-state index < -0.39 is 16.6 Å². The van der Waals surface area contributed by atoms with E-state index in [1.54, 1.807) is 45.0 Å². The standard InChI is InChI=1S/C20H23N3O5/c1-20(2,3)28-19(24)22-18(21)15-9-7-14(8-10-15)11-12-27-17-6-4-5-16(13-17)23(25)26/h4-10,13H,11-12H2,1-3H3,(H2,21,22,24). The number of hydrogen-bond acceptors (Lipinski definition) is 6. The molecule has 0 fully saturated rings. The van der Waals surface area contributed by atoms with Gasteiger partial charge in [-0.1, -0.05) is 30.3 Å². The number of hydrogen-bond donors (Lipinski definition) is 2. The summed E-state index contributed by atoms with van der Waals surface area (Å²) in [6.45, 7) is 5.61. The van der Waals surface area contributed by atoms with E-state index in [1.807, 2.05) is 12.1 Å². The molecule has 1 amide bonds. The number of carbonyl (C=O) groups is 1. The average molecular weight is 385 g/mol. The molecule has 2 N–H and O–H groups in total. The second-order valence-electron chi connectivity index (χ2n) is 7.05.